The molecule has 8 heteroatoms. The van der Waals surface area contributed by atoms with Crippen LogP contribution in [0.5, 0.6) is 0 Å². The van der Waals surface area contributed by atoms with Gasteiger partial charge in [-0.2, -0.15) is 0 Å². The molecule has 20 aromatic rings. The molecule has 0 saturated carbocycles. The lowest BCUT2D eigenvalue weighted by atomic mass is 9.35. The average molecular weight is 1370 g/mol. The molecule has 0 amide bonds. The molecular weight excluding hydrogens is 1300 g/mol. The summed E-state index contributed by atoms with van der Waals surface area (Å²) in [6, 6.07) is 133. The SMILES string of the molecule is Cc1ccc2c(c1)c1cccc3c1n2-c1ccccc1B3c1ccccc1.Cc1ccc2c3cccc4c3n(c2c1)-c1ccccc1B4c1ccccc1.Cc1cccc2c1c1cccc3c1n2-c1ccccc1B3c1ccccc1.Cc1cccc2c3cccc4c3n(c12)-c1ccccc1B4c1ccccc1. The molecule has 8 heterocycles. The highest BCUT2D eigenvalue weighted by molar-refractivity contribution is 7.00. The van der Waals surface area contributed by atoms with E-state index in [2.05, 4.69) is 410 Å². The Balaban J connectivity index is 0.0000000919. The van der Waals surface area contributed by atoms with Crippen molar-refractivity contribution in [1.82, 2.24) is 18.3 Å². The predicted molar refractivity (Wildman–Crippen MR) is 466 cm³/mol. The van der Waals surface area contributed by atoms with Gasteiger partial charge in [-0.05, 0) is 137 Å². The lowest BCUT2D eigenvalue weighted by molar-refractivity contribution is 1.18. The van der Waals surface area contributed by atoms with Crippen LogP contribution in [-0.4, -0.2) is 45.1 Å². The van der Waals surface area contributed by atoms with Gasteiger partial charge in [0.2, 0.25) is 26.9 Å². The molecule has 0 spiro atoms. The third kappa shape index (κ3) is 9.69. The van der Waals surface area contributed by atoms with Gasteiger partial charge in [-0.15, -0.1) is 0 Å². The zero-order chi connectivity index (χ0) is 71.8. The molecule has 4 aromatic heterocycles. The van der Waals surface area contributed by atoms with E-state index in [1.165, 1.54) is 198 Å². The molecule has 0 aliphatic carbocycles. The molecule has 0 bridgehead atoms. The van der Waals surface area contributed by atoms with Crippen molar-refractivity contribution < 1.29 is 0 Å². The molecule has 504 valence electrons. The van der Waals surface area contributed by atoms with Crippen LogP contribution in [0.1, 0.15) is 22.3 Å². The Bertz CT molecular complexity index is 6850. The maximum Gasteiger partial charge on any atom is 0.246 e. The quantitative estimate of drug-likeness (QED) is 0.157. The summed E-state index contributed by atoms with van der Waals surface area (Å²) in [7, 11) is 0. The van der Waals surface area contributed by atoms with Crippen molar-refractivity contribution >= 4 is 180 Å². The zero-order valence-electron chi connectivity index (χ0n) is 60.7. The number of aryl methyl sites for hydroxylation is 4. The Morgan fingerprint density at radius 1 is 0.185 bits per heavy atom. The van der Waals surface area contributed by atoms with Crippen molar-refractivity contribution in [2.75, 3.05) is 0 Å². The minimum Gasteiger partial charge on any atom is -0.310 e. The molecule has 0 N–H and O–H groups in total. The fourth-order valence-corrected chi connectivity index (χ4v) is 19.4. The summed E-state index contributed by atoms with van der Waals surface area (Å²) in [4.78, 5) is 0. The van der Waals surface area contributed by atoms with Gasteiger partial charge < -0.3 is 18.3 Å². The minimum atomic E-state index is 0.267. The predicted octanol–water partition coefficient (Wildman–Crippen LogP) is 15.7. The second-order valence-corrected chi connectivity index (χ2v) is 29.9. The maximum absolute atomic E-state index is 2.49. The minimum absolute atomic E-state index is 0.267. The van der Waals surface area contributed by atoms with Crippen LogP contribution in [0.3, 0.4) is 0 Å². The first kappa shape index (κ1) is 63.5. The highest BCUT2D eigenvalue weighted by atomic mass is 15.0. The fraction of sp³-hybridized carbons (Fsp3) is 0.0400. The first-order chi connectivity index (χ1) is 53.3. The van der Waals surface area contributed by atoms with Gasteiger partial charge in [0.25, 0.3) is 0 Å². The number of hydrogen-bond donors (Lipinski definition) is 0. The van der Waals surface area contributed by atoms with Gasteiger partial charge in [0.1, 0.15) is 0 Å². The van der Waals surface area contributed by atoms with Crippen LogP contribution >= 0.6 is 0 Å². The summed E-state index contributed by atoms with van der Waals surface area (Å²) in [5.41, 5.74) is 37.6. The average Bonchev–Trinajstić information content (AvgIpc) is 1.55. The third-order valence-electron chi connectivity index (χ3n) is 23.8. The van der Waals surface area contributed by atoms with Gasteiger partial charge in [0.15, 0.2) is 0 Å². The van der Waals surface area contributed by atoms with Crippen LogP contribution in [0.15, 0.2) is 364 Å². The van der Waals surface area contributed by atoms with Gasteiger partial charge in [0, 0.05) is 87.9 Å². The number of para-hydroxylation sites is 9. The summed E-state index contributed by atoms with van der Waals surface area (Å²) in [5, 5.41) is 10.8. The number of benzene rings is 16. The van der Waals surface area contributed by atoms with Gasteiger partial charge >= 0.3 is 0 Å². The van der Waals surface area contributed by atoms with E-state index in [1.54, 1.807) is 0 Å². The Hall–Kier alpha value is -13.0. The van der Waals surface area contributed by atoms with E-state index < -0.39 is 0 Å². The Kier molecular flexibility index (Phi) is 14.9. The van der Waals surface area contributed by atoms with Crippen molar-refractivity contribution in [2.24, 2.45) is 0 Å². The third-order valence-corrected chi connectivity index (χ3v) is 23.8. The number of rotatable bonds is 4. The van der Waals surface area contributed by atoms with E-state index in [0.29, 0.717) is 0 Å². The molecule has 4 aliphatic rings. The normalized spacial score (nSPS) is 12.6. The first-order valence-electron chi connectivity index (χ1n) is 38.0. The van der Waals surface area contributed by atoms with Gasteiger partial charge in [-0.3, -0.25) is 0 Å². The molecule has 16 aromatic carbocycles. The summed E-state index contributed by atoms with van der Waals surface area (Å²) in [5.74, 6) is 0. The van der Waals surface area contributed by atoms with Crippen LogP contribution in [0.4, 0.5) is 0 Å². The lowest BCUT2D eigenvalue weighted by Gasteiger charge is -2.27. The largest absolute Gasteiger partial charge is 0.310 e. The van der Waals surface area contributed by atoms with Gasteiger partial charge in [0.05, 0.1) is 22.1 Å². The van der Waals surface area contributed by atoms with Crippen LogP contribution in [0, 0.1) is 27.7 Å². The summed E-state index contributed by atoms with van der Waals surface area (Å²) in [6.07, 6.45) is 0. The first-order valence-corrected chi connectivity index (χ1v) is 38.0. The molecular formula is C100H72B4N4. The van der Waals surface area contributed by atoms with E-state index in [9.17, 15) is 0 Å². The molecule has 108 heavy (non-hydrogen) atoms. The summed E-state index contributed by atoms with van der Waals surface area (Å²) >= 11 is 0. The van der Waals surface area contributed by atoms with Crippen LogP contribution in [0.2, 0.25) is 0 Å². The molecule has 4 aliphatic heterocycles. The number of fused-ring (bicyclic) bond motifs is 20. The van der Waals surface area contributed by atoms with Gasteiger partial charge in [-0.25, -0.2) is 0 Å². The molecule has 0 unspecified atom stereocenters. The standard InChI is InChI=1S/4C25H18BN/c1-17-9-7-16-23-24(17)19-12-8-14-21-25(19)27(23)22-15-6-5-13-20(22)26(21)18-10-3-2-4-11-18;1-17-9-7-12-19-20-13-8-15-22-25(20)27(24(17)19)23-16-6-5-14-21(23)26(22)18-10-3-2-4-11-18;1-17-14-15-19-20-10-7-12-22-25(20)27(24(19)16-17)23-13-6-5-11-21(23)26(22)18-8-3-2-4-9-18;1-17-14-15-23-20(16-17)19-10-7-12-22-25(19)27(23)24-13-6-5-11-21(24)26(22)18-8-3-2-4-9-18/h4*2-16H,1H3. The second-order valence-electron chi connectivity index (χ2n) is 29.9. The molecule has 0 saturated heterocycles. The van der Waals surface area contributed by atoms with Crippen molar-refractivity contribution in [3.8, 4) is 22.7 Å². The number of hydrogen-bond acceptors (Lipinski definition) is 0. The van der Waals surface area contributed by atoms with Crippen molar-refractivity contribution in [3.05, 3.63) is 386 Å². The van der Waals surface area contributed by atoms with Gasteiger partial charge in [-0.1, -0.05) is 343 Å². The van der Waals surface area contributed by atoms with E-state index in [0.717, 1.165) is 0 Å². The van der Waals surface area contributed by atoms with Crippen molar-refractivity contribution in [3.63, 3.8) is 0 Å². The Morgan fingerprint density at radius 3 is 0.972 bits per heavy atom. The zero-order valence-corrected chi connectivity index (χ0v) is 60.7. The highest BCUT2D eigenvalue weighted by Crippen LogP contribution is 2.39. The van der Waals surface area contributed by atoms with Crippen LogP contribution < -0.4 is 65.6 Å². The Morgan fingerprint density at radius 2 is 0.500 bits per heavy atom. The topological polar surface area (TPSA) is 19.7 Å². The van der Waals surface area contributed by atoms with Crippen LogP contribution in [0.25, 0.3) is 110 Å². The number of aromatic nitrogens is 4. The Labute approximate surface area is 630 Å². The number of nitrogens with zero attached hydrogens (tertiary/aromatic N) is 4. The molecule has 24 rings (SSSR count). The fourth-order valence-electron chi connectivity index (χ4n) is 19.4. The highest BCUT2D eigenvalue weighted by Gasteiger charge is 2.38. The molecule has 4 nitrogen and oxygen atoms in total. The van der Waals surface area contributed by atoms with E-state index in [1.807, 2.05) is 0 Å². The summed E-state index contributed by atoms with van der Waals surface area (Å²) in [6.45, 7) is 9.85. The van der Waals surface area contributed by atoms with E-state index in [-0.39, 0.29) is 26.9 Å². The molecule has 0 atom stereocenters. The smallest absolute Gasteiger partial charge is 0.246 e. The molecule has 0 fully saturated rings. The maximum atomic E-state index is 2.49. The van der Waals surface area contributed by atoms with Crippen LogP contribution in [-0.2, 0) is 0 Å². The second kappa shape index (κ2) is 25.4. The molecule has 0 radical (unpaired) electrons. The van der Waals surface area contributed by atoms with Crippen molar-refractivity contribution in [1.29, 1.82) is 0 Å². The lowest BCUT2D eigenvalue weighted by Crippen LogP contribution is -2.55. The summed E-state index contributed by atoms with van der Waals surface area (Å²) < 4.78 is 9.90. The monoisotopic (exact) mass is 1370 g/mol. The van der Waals surface area contributed by atoms with Crippen molar-refractivity contribution in [2.45, 2.75) is 27.7 Å². The van der Waals surface area contributed by atoms with E-state index >= 15 is 0 Å². The van der Waals surface area contributed by atoms with E-state index in [4.69, 9.17) is 0 Å².